The Labute approximate surface area is 188 Å². The fraction of sp³-hybridized carbons (Fsp3) is 0.200. The first-order chi connectivity index (χ1) is 11.5. The predicted molar refractivity (Wildman–Crippen MR) is 96.7 cm³/mol. The first-order valence-electron chi connectivity index (χ1n) is 7.75. The van der Waals surface area contributed by atoms with Gasteiger partial charge >= 0.3 is 0 Å². The third-order valence-electron chi connectivity index (χ3n) is 3.74. The summed E-state index contributed by atoms with van der Waals surface area (Å²) in [6, 6.07) is 12.1. The zero-order valence-corrected chi connectivity index (χ0v) is 16.7. The Kier molecular flexibility index (Phi) is 9.26. The Balaban J connectivity index is 0.000000257. The molecule has 0 saturated heterocycles. The summed E-state index contributed by atoms with van der Waals surface area (Å²) in [4.78, 5) is 30.1. The van der Waals surface area contributed by atoms with E-state index in [1.807, 2.05) is 24.4 Å². The molecule has 1 radical (unpaired) electrons. The van der Waals surface area contributed by atoms with Crippen molar-refractivity contribution < 1.29 is 59.0 Å². The van der Waals surface area contributed by atoms with Crippen LogP contribution >= 0.6 is 0 Å². The Morgan fingerprint density at radius 1 is 1.04 bits per heavy atom. The van der Waals surface area contributed by atoms with Crippen LogP contribution in [0.4, 0.5) is 0 Å². The molecule has 0 spiro atoms. The number of ketones is 2. The van der Waals surface area contributed by atoms with Crippen molar-refractivity contribution in [3.63, 3.8) is 0 Å². The van der Waals surface area contributed by atoms with Crippen LogP contribution in [0.25, 0.3) is 21.8 Å². The summed E-state index contributed by atoms with van der Waals surface area (Å²) in [5.41, 5.74) is 2.02. The van der Waals surface area contributed by atoms with Crippen LogP contribution in [0, 0.1) is 55.3 Å². The summed E-state index contributed by atoms with van der Waals surface area (Å²) < 4.78 is 0. The maximum atomic E-state index is 10.7. The van der Waals surface area contributed by atoms with Gasteiger partial charge in [0.05, 0.1) is 17.0 Å². The van der Waals surface area contributed by atoms with Gasteiger partial charge in [0.1, 0.15) is 11.6 Å². The quantitative estimate of drug-likeness (QED) is 0.326. The van der Waals surface area contributed by atoms with E-state index in [1.165, 1.54) is 13.8 Å². The molecule has 0 bridgehead atoms. The zero-order chi connectivity index (χ0) is 17.5. The fourth-order valence-electron chi connectivity index (χ4n) is 2.48. The molecule has 4 nitrogen and oxygen atoms in total. The molecule has 2 heterocycles. The van der Waals surface area contributed by atoms with Crippen LogP contribution in [0.2, 0.25) is 0 Å². The first-order valence-corrected chi connectivity index (χ1v) is 7.75. The number of carbonyl (C=O) groups excluding carboxylic acids is 2. The molecule has 0 N–H and O–H groups in total. The van der Waals surface area contributed by atoms with Gasteiger partial charge in [0, 0.05) is 72.5 Å². The molecular formula is C20H20EuN2O2. The molecule has 0 saturated carbocycles. The van der Waals surface area contributed by atoms with Crippen LogP contribution in [0.5, 0.6) is 0 Å². The molecule has 0 aliphatic carbocycles. The Bertz CT molecular complexity index is 824. The van der Waals surface area contributed by atoms with Crippen LogP contribution in [0.15, 0.2) is 61.4 Å². The molecule has 0 atom stereocenters. The van der Waals surface area contributed by atoms with Crippen molar-refractivity contribution in [3.05, 3.63) is 61.4 Å². The SMILES string of the molecule is C=CCC(C(C)=O)C(C)=O.[Eu].c1cnc2c(c1)ccc1ncccc12. The first kappa shape index (κ1) is 21.7. The Hall–Kier alpha value is -1.30. The second-order valence-corrected chi connectivity index (χ2v) is 5.51. The van der Waals surface area contributed by atoms with Crippen LogP contribution in [-0.4, -0.2) is 21.5 Å². The minimum atomic E-state index is -0.461. The average Bonchev–Trinajstić information content (AvgIpc) is 2.59. The van der Waals surface area contributed by atoms with Crippen molar-refractivity contribution >= 4 is 33.4 Å². The molecule has 2 aromatic heterocycles. The number of hydrogen-bond donors (Lipinski definition) is 0. The molecule has 3 aromatic rings. The van der Waals surface area contributed by atoms with Crippen molar-refractivity contribution in [2.24, 2.45) is 5.92 Å². The zero-order valence-electron chi connectivity index (χ0n) is 14.3. The van der Waals surface area contributed by atoms with Gasteiger partial charge in [-0.3, -0.25) is 19.6 Å². The monoisotopic (exact) mass is 473 g/mol. The van der Waals surface area contributed by atoms with Gasteiger partial charge in [0.25, 0.3) is 0 Å². The molecule has 1 aromatic carbocycles. The van der Waals surface area contributed by atoms with Crippen LogP contribution < -0.4 is 0 Å². The number of aromatic nitrogens is 2. The van der Waals surface area contributed by atoms with Crippen LogP contribution in [-0.2, 0) is 9.59 Å². The standard InChI is InChI=1S/C12H8N2.C8H12O2.Eu/c1-3-9-5-6-11-10(4-2-7-13-11)12(9)14-8-1;1-4-5-8(6(2)9)7(3)10;/h1-8H;4,8H,1,5H2,2-3H3;. The maximum Gasteiger partial charge on any atom is 0.140 e. The Morgan fingerprint density at radius 3 is 2.28 bits per heavy atom. The van der Waals surface area contributed by atoms with Crippen molar-refractivity contribution in [1.29, 1.82) is 0 Å². The van der Waals surface area contributed by atoms with Gasteiger partial charge in [0.2, 0.25) is 0 Å². The molecular weight excluding hydrogens is 452 g/mol. The summed E-state index contributed by atoms with van der Waals surface area (Å²) in [5, 5.41) is 2.28. The van der Waals surface area contributed by atoms with E-state index < -0.39 is 5.92 Å². The number of carbonyl (C=O) groups is 2. The van der Waals surface area contributed by atoms with Crippen molar-refractivity contribution in [1.82, 2.24) is 9.97 Å². The van der Waals surface area contributed by atoms with Crippen molar-refractivity contribution in [2.45, 2.75) is 20.3 Å². The minimum Gasteiger partial charge on any atom is -0.299 e. The fourth-order valence-corrected chi connectivity index (χ4v) is 2.48. The van der Waals surface area contributed by atoms with E-state index >= 15 is 0 Å². The average molecular weight is 472 g/mol. The molecule has 0 aliphatic heterocycles. The third-order valence-corrected chi connectivity index (χ3v) is 3.74. The number of pyridine rings is 2. The number of nitrogens with zero attached hydrogens (tertiary/aromatic N) is 2. The topological polar surface area (TPSA) is 59.9 Å². The second kappa shape index (κ2) is 10.6. The molecule has 0 amide bonds. The van der Waals surface area contributed by atoms with E-state index in [2.05, 4.69) is 34.7 Å². The third kappa shape index (κ3) is 5.87. The summed E-state index contributed by atoms with van der Waals surface area (Å²) in [5.74, 6) is -0.614. The largest absolute Gasteiger partial charge is 0.299 e. The van der Waals surface area contributed by atoms with E-state index in [-0.39, 0.29) is 60.9 Å². The molecule has 25 heavy (non-hydrogen) atoms. The summed E-state index contributed by atoms with van der Waals surface area (Å²) in [7, 11) is 0. The summed E-state index contributed by atoms with van der Waals surface area (Å²) in [6.07, 6.45) is 5.67. The number of fused-ring (bicyclic) bond motifs is 3. The van der Waals surface area contributed by atoms with E-state index in [0.717, 1.165) is 21.8 Å². The van der Waals surface area contributed by atoms with Gasteiger partial charge in [-0.05, 0) is 44.5 Å². The van der Waals surface area contributed by atoms with E-state index in [4.69, 9.17) is 0 Å². The van der Waals surface area contributed by atoms with Crippen molar-refractivity contribution in [2.75, 3.05) is 0 Å². The van der Waals surface area contributed by atoms with Crippen molar-refractivity contribution in [3.8, 4) is 0 Å². The number of rotatable bonds is 4. The van der Waals surface area contributed by atoms with E-state index in [1.54, 1.807) is 12.3 Å². The number of Topliss-reactive ketones (excluding diaryl/α,β-unsaturated/α-hetero) is 2. The predicted octanol–water partition coefficient (Wildman–Crippen LogP) is 4.14. The maximum absolute atomic E-state index is 10.7. The molecule has 5 heteroatoms. The molecule has 0 unspecified atom stereocenters. The van der Waals surface area contributed by atoms with Gasteiger partial charge in [-0.25, -0.2) is 0 Å². The molecule has 129 valence electrons. The van der Waals surface area contributed by atoms with Crippen LogP contribution in [0.3, 0.4) is 0 Å². The molecule has 3 rings (SSSR count). The summed E-state index contributed by atoms with van der Waals surface area (Å²) in [6.45, 7) is 6.31. The van der Waals surface area contributed by atoms with Gasteiger partial charge < -0.3 is 0 Å². The normalized spacial score (nSPS) is 9.88. The van der Waals surface area contributed by atoms with E-state index in [9.17, 15) is 9.59 Å². The van der Waals surface area contributed by atoms with Gasteiger partial charge in [-0.1, -0.05) is 18.2 Å². The minimum absolute atomic E-state index is 0. The number of hydrogen-bond acceptors (Lipinski definition) is 4. The molecule has 0 fully saturated rings. The van der Waals surface area contributed by atoms with Crippen LogP contribution in [0.1, 0.15) is 20.3 Å². The Morgan fingerprint density at radius 2 is 1.68 bits per heavy atom. The number of allylic oxidation sites excluding steroid dienone is 1. The molecule has 0 aliphatic rings. The van der Waals surface area contributed by atoms with E-state index in [0.29, 0.717) is 6.42 Å². The number of benzene rings is 1. The second-order valence-electron chi connectivity index (χ2n) is 5.51. The van der Waals surface area contributed by atoms with Gasteiger partial charge in [-0.15, -0.1) is 6.58 Å². The summed E-state index contributed by atoms with van der Waals surface area (Å²) >= 11 is 0. The smallest absolute Gasteiger partial charge is 0.140 e. The van der Waals surface area contributed by atoms with Gasteiger partial charge in [0.15, 0.2) is 0 Å². The van der Waals surface area contributed by atoms with Gasteiger partial charge in [-0.2, -0.15) is 0 Å².